The van der Waals surface area contributed by atoms with Crippen LogP contribution in [0.15, 0.2) is 54.6 Å². The lowest BCUT2D eigenvalue weighted by Gasteiger charge is -2.46. The zero-order valence-corrected chi connectivity index (χ0v) is 19.7. The van der Waals surface area contributed by atoms with Gasteiger partial charge >= 0.3 is 0 Å². The van der Waals surface area contributed by atoms with E-state index < -0.39 is 27.4 Å². The predicted octanol–water partition coefficient (Wildman–Crippen LogP) is 1.43. The Morgan fingerprint density at radius 2 is 1.69 bits per heavy atom. The summed E-state index contributed by atoms with van der Waals surface area (Å²) in [6, 6.07) is 17.1. The van der Waals surface area contributed by atoms with Crippen LogP contribution in [-0.4, -0.2) is 68.4 Å². The van der Waals surface area contributed by atoms with Gasteiger partial charge < -0.3 is 15.1 Å². The molecule has 0 aliphatic carbocycles. The number of piperazine rings is 1. The summed E-state index contributed by atoms with van der Waals surface area (Å²) >= 11 is 0. The van der Waals surface area contributed by atoms with Gasteiger partial charge in [0.1, 0.15) is 5.54 Å². The van der Waals surface area contributed by atoms with E-state index in [1.165, 1.54) is 4.90 Å². The third kappa shape index (κ3) is 5.28. The molecule has 0 bridgehead atoms. The number of rotatable bonds is 7. The minimum Gasteiger partial charge on any atom is -0.378 e. The highest BCUT2D eigenvalue weighted by atomic mass is 32.2. The van der Waals surface area contributed by atoms with E-state index in [0.29, 0.717) is 0 Å². The quantitative estimate of drug-likeness (QED) is 0.678. The lowest BCUT2D eigenvalue weighted by molar-refractivity contribution is -0.153. The number of carbonyl (C=O) groups excluding carboxylic acids is 2. The van der Waals surface area contributed by atoms with Crippen molar-refractivity contribution >= 4 is 27.5 Å². The third-order valence-electron chi connectivity index (χ3n) is 5.74. The van der Waals surface area contributed by atoms with Gasteiger partial charge in [0, 0.05) is 39.4 Å². The highest BCUT2D eigenvalue weighted by Crippen LogP contribution is 2.27. The van der Waals surface area contributed by atoms with Crippen molar-refractivity contribution in [1.29, 1.82) is 0 Å². The Bertz CT molecular complexity index is 1070. The molecule has 0 saturated carbocycles. The first kappa shape index (κ1) is 23.7. The maximum atomic E-state index is 13.3. The smallest absolute Gasteiger partial charge is 0.247 e. The molecule has 1 atom stereocenters. The molecule has 8 nitrogen and oxygen atoms in total. The molecule has 0 unspecified atom stereocenters. The SMILES string of the molecule is CN(C)c1ccc(CN2C(=O)CN(S(C)(=O)=O)C[C@@]2(C)C(=O)NCc2ccccc2)cc1. The molecule has 2 aromatic carbocycles. The fourth-order valence-corrected chi connectivity index (χ4v) is 4.57. The van der Waals surface area contributed by atoms with Crippen LogP contribution in [0.25, 0.3) is 0 Å². The predicted molar refractivity (Wildman–Crippen MR) is 124 cm³/mol. The Labute approximate surface area is 189 Å². The average Bonchev–Trinajstić information content (AvgIpc) is 2.74. The number of hydrogen-bond donors (Lipinski definition) is 1. The number of anilines is 1. The molecule has 3 rings (SSSR count). The largest absolute Gasteiger partial charge is 0.378 e. The molecule has 0 aromatic heterocycles. The van der Waals surface area contributed by atoms with Crippen molar-refractivity contribution in [3.8, 4) is 0 Å². The van der Waals surface area contributed by atoms with Crippen LogP contribution >= 0.6 is 0 Å². The van der Waals surface area contributed by atoms with Gasteiger partial charge in [0.05, 0.1) is 12.8 Å². The number of nitrogens with one attached hydrogen (secondary N) is 1. The van der Waals surface area contributed by atoms with Gasteiger partial charge in [0.2, 0.25) is 21.8 Å². The summed E-state index contributed by atoms with van der Waals surface area (Å²) in [5, 5.41) is 2.88. The van der Waals surface area contributed by atoms with Crippen molar-refractivity contribution < 1.29 is 18.0 Å². The fraction of sp³-hybridized carbons (Fsp3) is 0.391. The van der Waals surface area contributed by atoms with E-state index in [2.05, 4.69) is 5.32 Å². The highest BCUT2D eigenvalue weighted by molar-refractivity contribution is 7.88. The van der Waals surface area contributed by atoms with E-state index in [1.807, 2.05) is 73.6 Å². The number of hydrogen-bond acceptors (Lipinski definition) is 5. The van der Waals surface area contributed by atoms with E-state index in [4.69, 9.17) is 0 Å². The maximum Gasteiger partial charge on any atom is 0.247 e. The van der Waals surface area contributed by atoms with Crippen LogP contribution in [0.2, 0.25) is 0 Å². The Morgan fingerprint density at radius 1 is 1.06 bits per heavy atom. The summed E-state index contributed by atoms with van der Waals surface area (Å²) in [5.74, 6) is -0.802. The second-order valence-corrected chi connectivity index (χ2v) is 10.5. The molecule has 1 aliphatic heterocycles. The molecule has 2 amide bonds. The van der Waals surface area contributed by atoms with Crippen LogP contribution in [0, 0.1) is 0 Å². The van der Waals surface area contributed by atoms with E-state index in [0.717, 1.165) is 27.4 Å². The Balaban J connectivity index is 1.87. The van der Waals surface area contributed by atoms with Crippen molar-refractivity contribution in [2.24, 2.45) is 0 Å². The second-order valence-electron chi connectivity index (χ2n) is 8.51. The monoisotopic (exact) mass is 458 g/mol. The lowest BCUT2D eigenvalue weighted by atomic mass is 9.94. The number of sulfonamides is 1. The second kappa shape index (κ2) is 9.30. The molecular formula is C23H30N4O4S. The van der Waals surface area contributed by atoms with Gasteiger partial charge in [-0.3, -0.25) is 9.59 Å². The molecule has 1 heterocycles. The molecule has 172 valence electrons. The van der Waals surface area contributed by atoms with Gasteiger partial charge in [-0.15, -0.1) is 0 Å². The summed E-state index contributed by atoms with van der Waals surface area (Å²) in [5.41, 5.74) is 1.44. The fourth-order valence-electron chi connectivity index (χ4n) is 3.74. The van der Waals surface area contributed by atoms with Crippen LogP contribution in [0.3, 0.4) is 0 Å². The maximum absolute atomic E-state index is 13.3. The summed E-state index contributed by atoms with van der Waals surface area (Å²) in [6.07, 6.45) is 1.05. The molecule has 2 aromatic rings. The first-order valence-electron chi connectivity index (χ1n) is 10.3. The zero-order chi connectivity index (χ0) is 23.5. The van der Waals surface area contributed by atoms with Gasteiger partial charge in [-0.1, -0.05) is 42.5 Å². The molecular weight excluding hydrogens is 428 g/mol. The number of amides is 2. The zero-order valence-electron chi connectivity index (χ0n) is 18.9. The summed E-state index contributed by atoms with van der Waals surface area (Å²) < 4.78 is 25.5. The summed E-state index contributed by atoms with van der Waals surface area (Å²) in [7, 11) is 0.242. The topological polar surface area (TPSA) is 90.0 Å². The number of nitrogens with zero attached hydrogens (tertiary/aromatic N) is 3. The first-order valence-corrected chi connectivity index (χ1v) is 12.2. The van der Waals surface area contributed by atoms with Crippen LogP contribution in [0.4, 0.5) is 5.69 Å². The average molecular weight is 459 g/mol. The molecule has 9 heteroatoms. The highest BCUT2D eigenvalue weighted by Gasteiger charge is 2.49. The number of benzene rings is 2. The van der Waals surface area contributed by atoms with Gasteiger partial charge in [-0.25, -0.2) is 8.42 Å². The van der Waals surface area contributed by atoms with Crippen LogP contribution in [-0.2, 0) is 32.7 Å². The minimum absolute atomic E-state index is 0.103. The Morgan fingerprint density at radius 3 is 2.25 bits per heavy atom. The van der Waals surface area contributed by atoms with E-state index in [9.17, 15) is 18.0 Å². The van der Waals surface area contributed by atoms with Crippen molar-refractivity contribution in [1.82, 2.24) is 14.5 Å². The molecule has 32 heavy (non-hydrogen) atoms. The van der Waals surface area contributed by atoms with Crippen molar-refractivity contribution in [2.75, 3.05) is 38.3 Å². The normalized spacial score (nSPS) is 19.6. The molecule has 1 fully saturated rings. The third-order valence-corrected chi connectivity index (χ3v) is 6.94. The summed E-state index contributed by atoms with van der Waals surface area (Å²) in [6.45, 7) is 1.73. The lowest BCUT2D eigenvalue weighted by Crippen LogP contribution is -2.69. The Kier molecular flexibility index (Phi) is 6.90. The molecule has 0 radical (unpaired) electrons. The van der Waals surface area contributed by atoms with E-state index in [-0.39, 0.29) is 26.2 Å². The van der Waals surface area contributed by atoms with Crippen molar-refractivity contribution in [2.45, 2.75) is 25.6 Å². The molecule has 1 N–H and O–H groups in total. The van der Waals surface area contributed by atoms with Gasteiger partial charge in [-0.2, -0.15) is 4.31 Å². The number of carbonyl (C=O) groups is 2. The van der Waals surface area contributed by atoms with Gasteiger partial charge in [0.25, 0.3) is 0 Å². The van der Waals surface area contributed by atoms with Crippen LogP contribution < -0.4 is 10.2 Å². The van der Waals surface area contributed by atoms with E-state index in [1.54, 1.807) is 6.92 Å². The van der Waals surface area contributed by atoms with E-state index >= 15 is 0 Å². The van der Waals surface area contributed by atoms with Crippen molar-refractivity contribution in [3.05, 3.63) is 65.7 Å². The van der Waals surface area contributed by atoms with Crippen molar-refractivity contribution in [3.63, 3.8) is 0 Å². The molecule has 1 saturated heterocycles. The first-order chi connectivity index (χ1) is 15.0. The standard InChI is InChI=1S/C23H30N4O4S/c1-23(22(29)24-14-18-8-6-5-7-9-18)17-26(32(4,30)31)16-21(28)27(23)15-19-10-12-20(13-11-19)25(2)3/h5-13H,14-17H2,1-4H3,(H,24,29)/t23-/m0/s1. The van der Waals surface area contributed by atoms with Crippen LogP contribution in [0.1, 0.15) is 18.1 Å². The molecule has 1 aliphatic rings. The van der Waals surface area contributed by atoms with Gasteiger partial charge in [-0.05, 0) is 30.2 Å². The molecule has 0 spiro atoms. The van der Waals surface area contributed by atoms with Crippen LogP contribution in [0.5, 0.6) is 0 Å². The Hall–Kier alpha value is -2.91. The van der Waals surface area contributed by atoms with Gasteiger partial charge in [0.15, 0.2) is 0 Å². The summed E-state index contributed by atoms with van der Waals surface area (Å²) in [4.78, 5) is 29.8. The minimum atomic E-state index is -3.64.